The SMILES string of the molecule is CCOC(=O)NC1(CO)CCCC(C)C1. The molecule has 4 heteroatoms. The third-order valence-electron chi connectivity index (χ3n) is 3.04. The summed E-state index contributed by atoms with van der Waals surface area (Å²) in [4.78, 5) is 11.3. The molecule has 0 aromatic heterocycles. The fraction of sp³-hybridized carbons (Fsp3) is 0.909. The zero-order valence-corrected chi connectivity index (χ0v) is 9.58. The maximum absolute atomic E-state index is 11.3. The molecule has 2 N–H and O–H groups in total. The van der Waals surface area contributed by atoms with Gasteiger partial charge in [0.2, 0.25) is 0 Å². The summed E-state index contributed by atoms with van der Waals surface area (Å²) < 4.78 is 4.85. The fourth-order valence-electron chi connectivity index (χ4n) is 2.34. The summed E-state index contributed by atoms with van der Waals surface area (Å²) in [7, 11) is 0. The van der Waals surface area contributed by atoms with E-state index < -0.39 is 11.6 Å². The number of alkyl carbamates (subject to hydrolysis) is 1. The van der Waals surface area contributed by atoms with Crippen LogP contribution >= 0.6 is 0 Å². The van der Waals surface area contributed by atoms with Gasteiger partial charge in [0.05, 0.1) is 18.8 Å². The van der Waals surface area contributed by atoms with Crippen LogP contribution in [0.2, 0.25) is 0 Å². The molecule has 4 nitrogen and oxygen atoms in total. The van der Waals surface area contributed by atoms with E-state index in [1.807, 2.05) is 0 Å². The normalized spacial score (nSPS) is 31.0. The van der Waals surface area contributed by atoms with Crippen LogP contribution in [0.4, 0.5) is 4.79 Å². The van der Waals surface area contributed by atoms with Gasteiger partial charge in [0, 0.05) is 0 Å². The lowest BCUT2D eigenvalue weighted by Crippen LogP contribution is -2.54. The molecule has 0 aliphatic heterocycles. The van der Waals surface area contributed by atoms with Gasteiger partial charge >= 0.3 is 6.09 Å². The summed E-state index contributed by atoms with van der Waals surface area (Å²) in [6, 6.07) is 0. The average molecular weight is 215 g/mol. The van der Waals surface area contributed by atoms with Gasteiger partial charge in [-0.2, -0.15) is 0 Å². The van der Waals surface area contributed by atoms with Crippen LogP contribution in [0.25, 0.3) is 0 Å². The fourth-order valence-corrected chi connectivity index (χ4v) is 2.34. The van der Waals surface area contributed by atoms with E-state index in [1.54, 1.807) is 6.92 Å². The summed E-state index contributed by atoms with van der Waals surface area (Å²) in [5, 5.41) is 12.2. The number of nitrogens with one attached hydrogen (secondary N) is 1. The molecular weight excluding hydrogens is 194 g/mol. The minimum Gasteiger partial charge on any atom is -0.450 e. The van der Waals surface area contributed by atoms with Gasteiger partial charge in [-0.1, -0.05) is 19.8 Å². The third kappa shape index (κ3) is 3.38. The van der Waals surface area contributed by atoms with Crippen molar-refractivity contribution < 1.29 is 14.6 Å². The van der Waals surface area contributed by atoms with E-state index in [1.165, 1.54) is 6.42 Å². The topological polar surface area (TPSA) is 58.6 Å². The van der Waals surface area contributed by atoms with Crippen molar-refractivity contribution in [2.75, 3.05) is 13.2 Å². The van der Waals surface area contributed by atoms with Gasteiger partial charge in [-0.3, -0.25) is 0 Å². The number of hydrogen-bond donors (Lipinski definition) is 2. The van der Waals surface area contributed by atoms with Crippen molar-refractivity contribution in [2.45, 2.75) is 45.1 Å². The van der Waals surface area contributed by atoms with Crippen LogP contribution in [0.5, 0.6) is 0 Å². The highest BCUT2D eigenvalue weighted by molar-refractivity contribution is 5.68. The van der Waals surface area contributed by atoms with Crippen LogP contribution < -0.4 is 5.32 Å². The molecule has 0 bridgehead atoms. The molecule has 0 radical (unpaired) electrons. The van der Waals surface area contributed by atoms with E-state index in [-0.39, 0.29) is 6.61 Å². The van der Waals surface area contributed by atoms with Crippen LogP contribution in [0.3, 0.4) is 0 Å². The highest BCUT2D eigenvalue weighted by Crippen LogP contribution is 2.31. The molecule has 1 rings (SSSR count). The van der Waals surface area contributed by atoms with Crippen LogP contribution in [0.15, 0.2) is 0 Å². The predicted molar refractivity (Wildman–Crippen MR) is 57.6 cm³/mol. The van der Waals surface area contributed by atoms with Crippen molar-refractivity contribution in [3.05, 3.63) is 0 Å². The zero-order chi connectivity index (χ0) is 11.3. The molecule has 1 aliphatic carbocycles. The van der Waals surface area contributed by atoms with E-state index in [2.05, 4.69) is 12.2 Å². The van der Waals surface area contributed by atoms with Crippen molar-refractivity contribution in [1.82, 2.24) is 5.32 Å². The maximum atomic E-state index is 11.3. The van der Waals surface area contributed by atoms with Crippen LogP contribution in [0.1, 0.15) is 39.5 Å². The Morgan fingerprint density at radius 1 is 1.67 bits per heavy atom. The lowest BCUT2D eigenvalue weighted by Gasteiger charge is -2.38. The number of carbonyl (C=O) groups is 1. The highest BCUT2D eigenvalue weighted by Gasteiger charge is 2.36. The van der Waals surface area contributed by atoms with Gasteiger partial charge in [-0.05, 0) is 25.7 Å². The first-order chi connectivity index (χ1) is 7.12. The summed E-state index contributed by atoms with van der Waals surface area (Å²) in [6.07, 6.45) is 3.48. The molecule has 0 aromatic carbocycles. The molecule has 88 valence electrons. The third-order valence-corrected chi connectivity index (χ3v) is 3.04. The molecule has 0 saturated heterocycles. The number of rotatable bonds is 3. The average Bonchev–Trinajstić information content (AvgIpc) is 2.18. The van der Waals surface area contributed by atoms with Crippen molar-refractivity contribution in [1.29, 1.82) is 0 Å². The van der Waals surface area contributed by atoms with Crippen LogP contribution in [-0.2, 0) is 4.74 Å². The largest absolute Gasteiger partial charge is 0.450 e. The van der Waals surface area contributed by atoms with Crippen molar-refractivity contribution in [2.24, 2.45) is 5.92 Å². The van der Waals surface area contributed by atoms with Crippen molar-refractivity contribution in [3.63, 3.8) is 0 Å². The number of aliphatic hydroxyl groups excluding tert-OH is 1. The Balaban J connectivity index is 2.55. The van der Waals surface area contributed by atoms with Crippen molar-refractivity contribution in [3.8, 4) is 0 Å². The van der Waals surface area contributed by atoms with E-state index >= 15 is 0 Å². The highest BCUT2D eigenvalue weighted by atomic mass is 16.5. The number of aliphatic hydroxyl groups is 1. The van der Waals surface area contributed by atoms with Gasteiger partial charge in [-0.15, -0.1) is 0 Å². The molecular formula is C11H21NO3. The number of hydrogen-bond acceptors (Lipinski definition) is 3. The Morgan fingerprint density at radius 2 is 2.40 bits per heavy atom. The standard InChI is InChI=1S/C11H21NO3/c1-3-15-10(14)12-11(8-13)6-4-5-9(2)7-11/h9,13H,3-8H2,1-2H3,(H,12,14). The lowest BCUT2D eigenvalue weighted by atomic mass is 9.77. The first kappa shape index (κ1) is 12.3. The quantitative estimate of drug-likeness (QED) is 0.753. The molecule has 0 heterocycles. The summed E-state index contributed by atoms with van der Waals surface area (Å²) in [5.41, 5.74) is -0.454. The molecule has 0 spiro atoms. The zero-order valence-electron chi connectivity index (χ0n) is 9.58. The van der Waals surface area contributed by atoms with Crippen LogP contribution in [-0.4, -0.2) is 30.0 Å². The second kappa shape index (κ2) is 5.35. The van der Waals surface area contributed by atoms with Gasteiger partial charge in [0.15, 0.2) is 0 Å². The molecule has 0 aromatic rings. The Bertz CT molecular complexity index is 220. The number of carbonyl (C=O) groups excluding carboxylic acids is 1. The van der Waals surface area contributed by atoms with Gasteiger partial charge < -0.3 is 15.2 Å². The Kier molecular flexibility index (Phi) is 4.39. The molecule has 15 heavy (non-hydrogen) atoms. The second-order valence-electron chi connectivity index (χ2n) is 4.49. The number of ether oxygens (including phenoxy) is 1. The summed E-state index contributed by atoms with van der Waals surface area (Å²) in [5.74, 6) is 0.549. The minimum absolute atomic E-state index is 0.00382. The molecule has 1 saturated carbocycles. The second-order valence-corrected chi connectivity index (χ2v) is 4.49. The summed E-state index contributed by atoms with van der Waals surface area (Å²) >= 11 is 0. The minimum atomic E-state index is -0.454. The van der Waals surface area contributed by atoms with Crippen LogP contribution in [0, 0.1) is 5.92 Å². The van der Waals surface area contributed by atoms with Gasteiger partial charge in [0.1, 0.15) is 0 Å². The van der Waals surface area contributed by atoms with Gasteiger partial charge in [0.25, 0.3) is 0 Å². The molecule has 2 atom stereocenters. The number of amides is 1. The Labute approximate surface area is 91.0 Å². The maximum Gasteiger partial charge on any atom is 0.407 e. The summed E-state index contributed by atoms with van der Waals surface area (Å²) in [6.45, 7) is 4.28. The molecule has 1 aliphatic rings. The van der Waals surface area contributed by atoms with Gasteiger partial charge in [-0.25, -0.2) is 4.79 Å². The Morgan fingerprint density at radius 3 is 2.93 bits per heavy atom. The van der Waals surface area contributed by atoms with Crippen molar-refractivity contribution >= 4 is 6.09 Å². The monoisotopic (exact) mass is 215 g/mol. The first-order valence-corrected chi connectivity index (χ1v) is 5.67. The predicted octanol–water partition coefficient (Wildman–Crippen LogP) is 1.67. The van der Waals surface area contributed by atoms with E-state index in [9.17, 15) is 9.90 Å². The lowest BCUT2D eigenvalue weighted by molar-refractivity contribution is 0.0818. The van der Waals surface area contributed by atoms with E-state index in [0.29, 0.717) is 12.5 Å². The van der Waals surface area contributed by atoms with E-state index in [0.717, 1.165) is 19.3 Å². The molecule has 1 fully saturated rings. The van der Waals surface area contributed by atoms with E-state index in [4.69, 9.17) is 4.74 Å². The smallest absolute Gasteiger partial charge is 0.407 e. The Hall–Kier alpha value is -0.770. The molecule has 1 amide bonds. The first-order valence-electron chi connectivity index (χ1n) is 5.67. The molecule has 2 unspecified atom stereocenters.